The monoisotopic (exact) mass is 547 g/mol. The van der Waals surface area contributed by atoms with Crippen LogP contribution in [-0.4, -0.2) is 30.7 Å². The Morgan fingerprint density at radius 2 is 1.92 bits per heavy atom. The predicted octanol–water partition coefficient (Wildman–Crippen LogP) is 6.06. The van der Waals surface area contributed by atoms with Crippen molar-refractivity contribution in [2.45, 2.75) is 11.8 Å². The summed E-state index contributed by atoms with van der Waals surface area (Å²) in [5, 5.41) is 19.5. The summed E-state index contributed by atoms with van der Waals surface area (Å²) in [5.41, 5.74) is 5.49. The maximum absolute atomic E-state index is 12.8. The quantitative estimate of drug-likeness (QED) is 0.274. The molecule has 0 aliphatic carbocycles. The van der Waals surface area contributed by atoms with Crippen molar-refractivity contribution in [2.24, 2.45) is 0 Å². The summed E-state index contributed by atoms with van der Waals surface area (Å²) in [6, 6.07) is 17.9. The van der Waals surface area contributed by atoms with Crippen LogP contribution in [0.25, 0.3) is 33.2 Å². The zero-order valence-corrected chi connectivity index (χ0v) is 21.9. The number of nitrogens with one attached hydrogen (secondary N) is 1. The lowest BCUT2D eigenvalue weighted by atomic mass is 9.94. The molecular weight excluding hydrogens is 530 g/mol. The van der Waals surface area contributed by atoms with Crippen molar-refractivity contribution < 1.29 is 13.2 Å². The van der Waals surface area contributed by atoms with E-state index in [0.29, 0.717) is 43.9 Å². The number of rotatable bonds is 6. The molecule has 0 spiro atoms. The molecule has 0 saturated carbocycles. The first kappa shape index (κ1) is 24.6. The number of sulfonamides is 1. The fourth-order valence-corrected chi connectivity index (χ4v) is 6.10. The van der Waals surface area contributed by atoms with Gasteiger partial charge in [-0.3, -0.25) is 9.71 Å². The molecule has 1 N–H and O–H groups in total. The standard InChI is InChI=1S/C26H18ClN5O3S2/c1-15-7-17(9-19(27)8-15)22-12-24(35-2)23(11-18(22)13-28)25-21-4-3-20(10-16(21)5-6-29-25)37(33,34)32-26-31-30-14-36-26/h3-12,14H,1-2H3,(H,31,32). The van der Waals surface area contributed by atoms with Crippen LogP contribution in [0.5, 0.6) is 5.75 Å². The molecule has 0 unspecified atom stereocenters. The number of methoxy groups -OCH3 is 1. The Morgan fingerprint density at radius 1 is 1.08 bits per heavy atom. The number of ether oxygens (including phenoxy) is 1. The minimum Gasteiger partial charge on any atom is -0.496 e. The van der Waals surface area contributed by atoms with Crippen LogP contribution >= 0.6 is 22.9 Å². The van der Waals surface area contributed by atoms with Crippen LogP contribution in [0.3, 0.4) is 0 Å². The Morgan fingerprint density at radius 3 is 2.62 bits per heavy atom. The molecule has 0 aliphatic heterocycles. The van der Waals surface area contributed by atoms with Crippen LogP contribution in [0.2, 0.25) is 5.02 Å². The van der Waals surface area contributed by atoms with Crippen LogP contribution in [0.4, 0.5) is 5.13 Å². The van der Waals surface area contributed by atoms with Crippen molar-refractivity contribution in [3.05, 3.63) is 82.5 Å². The van der Waals surface area contributed by atoms with E-state index in [9.17, 15) is 13.7 Å². The minimum absolute atomic E-state index is 0.0729. The number of halogens is 1. The van der Waals surface area contributed by atoms with Gasteiger partial charge in [0.1, 0.15) is 11.3 Å². The molecule has 184 valence electrons. The van der Waals surface area contributed by atoms with Gasteiger partial charge in [0.05, 0.1) is 29.3 Å². The first-order valence-electron chi connectivity index (χ1n) is 10.9. The number of pyridine rings is 1. The van der Waals surface area contributed by atoms with Gasteiger partial charge >= 0.3 is 0 Å². The lowest BCUT2D eigenvalue weighted by molar-refractivity contribution is 0.416. The summed E-state index contributed by atoms with van der Waals surface area (Å²) in [7, 11) is -2.31. The van der Waals surface area contributed by atoms with Gasteiger partial charge in [0, 0.05) is 27.7 Å². The van der Waals surface area contributed by atoms with E-state index in [1.54, 1.807) is 49.7 Å². The topological polar surface area (TPSA) is 118 Å². The molecule has 0 aliphatic rings. The number of fused-ring (bicyclic) bond motifs is 1. The second-order valence-corrected chi connectivity index (χ2v) is 11.1. The zero-order valence-electron chi connectivity index (χ0n) is 19.6. The smallest absolute Gasteiger partial charge is 0.263 e. The molecule has 0 atom stereocenters. The third-order valence-electron chi connectivity index (χ3n) is 5.70. The molecule has 0 amide bonds. The van der Waals surface area contributed by atoms with Gasteiger partial charge in [-0.15, -0.1) is 10.2 Å². The third kappa shape index (κ3) is 4.84. The SMILES string of the molecule is COc1cc(-c2cc(C)cc(Cl)c2)c(C#N)cc1-c1nccc2cc(S(=O)(=O)Nc3nncs3)ccc12. The van der Waals surface area contributed by atoms with Crippen molar-refractivity contribution in [3.8, 4) is 34.2 Å². The number of hydrogen-bond donors (Lipinski definition) is 1. The first-order chi connectivity index (χ1) is 17.8. The van der Waals surface area contributed by atoms with Gasteiger partial charge in [-0.2, -0.15) is 5.26 Å². The van der Waals surface area contributed by atoms with E-state index in [2.05, 4.69) is 26.0 Å². The van der Waals surface area contributed by atoms with E-state index in [1.165, 1.54) is 11.6 Å². The molecule has 3 aromatic carbocycles. The van der Waals surface area contributed by atoms with E-state index in [1.807, 2.05) is 19.1 Å². The van der Waals surface area contributed by atoms with Gasteiger partial charge in [-0.1, -0.05) is 35.1 Å². The van der Waals surface area contributed by atoms with Crippen molar-refractivity contribution in [1.82, 2.24) is 15.2 Å². The van der Waals surface area contributed by atoms with Crippen LogP contribution in [0.1, 0.15) is 11.1 Å². The summed E-state index contributed by atoms with van der Waals surface area (Å²) >= 11 is 7.35. The van der Waals surface area contributed by atoms with E-state index in [0.717, 1.165) is 22.5 Å². The van der Waals surface area contributed by atoms with Crippen LogP contribution in [0, 0.1) is 18.3 Å². The molecule has 5 rings (SSSR count). The van der Waals surface area contributed by atoms with Gasteiger partial charge in [-0.05, 0) is 65.9 Å². The van der Waals surface area contributed by atoms with Crippen molar-refractivity contribution in [3.63, 3.8) is 0 Å². The summed E-state index contributed by atoms with van der Waals surface area (Å²) in [6.07, 6.45) is 1.59. The number of aryl methyl sites for hydroxylation is 1. The molecule has 8 nitrogen and oxygen atoms in total. The molecule has 5 aromatic rings. The summed E-state index contributed by atoms with van der Waals surface area (Å²) < 4.78 is 33.8. The van der Waals surface area contributed by atoms with Crippen molar-refractivity contribution in [1.29, 1.82) is 5.26 Å². The molecule has 0 saturated heterocycles. The Balaban J connectivity index is 1.63. The molecule has 2 heterocycles. The normalized spacial score (nSPS) is 11.3. The average molecular weight is 548 g/mol. The molecule has 0 bridgehead atoms. The second-order valence-electron chi connectivity index (χ2n) is 8.12. The Labute approximate surface area is 222 Å². The number of nitriles is 1. The summed E-state index contributed by atoms with van der Waals surface area (Å²) in [6.45, 7) is 1.94. The van der Waals surface area contributed by atoms with Crippen LogP contribution < -0.4 is 9.46 Å². The van der Waals surface area contributed by atoms with Crippen molar-refractivity contribution >= 4 is 48.9 Å². The van der Waals surface area contributed by atoms with Gasteiger partial charge in [0.2, 0.25) is 5.13 Å². The number of benzene rings is 3. The highest BCUT2D eigenvalue weighted by Crippen LogP contribution is 2.39. The van der Waals surface area contributed by atoms with Crippen molar-refractivity contribution in [2.75, 3.05) is 11.8 Å². The van der Waals surface area contributed by atoms with Gasteiger partial charge in [0.15, 0.2) is 0 Å². The van der Waals surface area contributed by atoms with Gasteiger partial charge in [0.25, 0.3) is 10.0 Å². The average Bonchev–Trinajstić information content (AvgIpc) is 3.39. The summed E-state index contributed by atoms with van der Waals surface area (Å²) in [4.78, 5) is 4.63. The van der Waals surface area contributed by atoms with E-state index in [4.69, 9.17) is 16.3 Å². The van der Waals surface area contributed by atoms with E-state index >= 15 is 0 Å². The lowest BCUT2D eigenvalue weighted by Crippen LogP contribution is -2.12. The molecule has 37 heavy (non-hydrogen) atoms. The minimum atomic E-state index is -3.86. The van der Waals surface area contributed by atoms with Gasteiger partial charge in [-0.25, -0.2) is 8.42 Å². The number of nitrogens with zero attached hydrogens (tertiary/aromatic N) is 4. The Kier molecular flexibility index (Phi) is 6.52. The van der Waals surface area contributed by atoms with E-state index in [-0.39, 0.29) is 10.0 Å². The van der Waals surface area contributed by atoms with Crippen LogP contribution in [0.15, 0.2) is 71.2 Å². The first-order valence-corrected chi connectivity index (χ1v) is 13.6. The Hall–Kier alpha value is -4.04. The zero-order chi connectivity index (χ0) is 26.2. The molecule has 0 radical (unpaired) electrons. The highest BCUT2D eigenvalue weighted by Gasteiger charge is 2.20. The molecule has 0 fully saturated rings. The third-order valence-corrected chi connectivity index (χ3v) is 7.99. The Bertz CT molecular complexity index is 1780. The lowest BCUT2D eigenvalue weighted by Gasteiger charge is -2.15. The highest BCUT2D eigenvalue weighted by atomic mass is 35.5. The highest BCUT2D eigenvalue weighted by molar-refractivity contribution is 7.93. The predicted molar refractivity (Wildman–Crippen MR) is 144 cm³/mol. The largest absolute Gasteiger partial charge is 0.496 e. The molecule has 2 aromatic heterocycles. The number of anilines is 1. The van der Waals surface area contributed by atoms with Crippen LogP contribution in [-0.2, 0) is 10.0 Å². The fraction of sp³-hybridized carbons (Fsp3) is 0.0769. The number of hydrogen-bond acceptors (Lipinski definition) is 8. The van der Waals surface area contributed by atoms with E-state index < -0.39 is 10.0 Å². The molecule has 11 heteroatoms. The second kappa shape index (κ2) is 9.78. The fourth-order valence-electron chi connectivity index (χ4n) is 4.09. The number of aromatic nitrogens is 3. The summed E-state index contributed by atoms with van der Waals surface area (Å²) in [5.74, 6) is 0.515. The van der Waals surface area contributed by atoms with Gasteiger partial charge < -0.3 is 4.74 Å². The maximum Gasteiger partial charge on any atom is 0.263 e. The molecular formula is C26H18ClN5O3S2. The maximum atomic E-state index is 12.8.